The number of hydrogen-bond acceptors (Lipinski definition) is 6. The third-order valence-corrected chi connectivity index (χ3v) is 2.82. The van der Waals surface area contributed by atoms with E-state index in [1.807, 2.05) is 6.92 Å². The average Bonchev–Trinajstić information content (AvgIpc) is 2.34. The second kappa shape index (κ2) is 6.09. The average molecular weight is 284 g/mol. The largest absolute Gasteiger partial charge is 0.507 e. The molecule has 1 amide bonds. The van der Waals surface area contributed by atoms with Crippen molar-refractivity contribution >= 4 is 11.6 Å². The molecule has 0 unspecified atom stereocenters. The molecule has 1 aromatic carbocycles. The first kappa shape index (κ1) is 15.5. The number of phenols is 3. The minimum Gasteiger partial charge on any atom is -0.507 e. The second-order valence-corrected chi connectivity index (χ2v) is 4.32. The van der Waals surface area contributed by atoms with Crippen molar-refractivity contribution in [3.8, 4) is 17.2 Å². The molecule has 0 spiro atoms. The molecule has 0 fully saturated rings. The molecule has 0 saturated carbocycles. The van der Waals surface area contributed by atoms with Crippen LogP contribution in [0, 0.1) is 10.1 Å². The molecule has 20 heavy (non-hydrogen) atoms. The summed E-state index contributed by atoms with van der Waals surface area (Å²) in [7, 11) is 1.45. The fraction of sp³-hybridized carbons (Fsp3) is 0.417. The van der Waals surface area contributed by atoms with E-state index in [-0.39, 0.29) is 0 Å². The van der Waals surface area contributed by atoms with E-state index < -0.39 is 39.3 Å². The number of benzene rings is 1. The third kappa shape index (κ3) is 2.90. The molecule has 1 rings (SSSR count). The van der Waals surface area contributed by atoms with Crippen LogP contribution in [0.15, 0.2) is 6.07 Å². The van der Waals surface area contributed by atoms with Gasteiger partial charge >= 0.3 is 5.69 Å². The van der Waals surface area contributed by atoms with Crippen LogP contribution >= 0.6 is 0 Å². The number of rotatable bonds is 5. The number of aromatic hydroxyl groups is 3. The number of nitro benzene ring substituents is 1. The number of unbranched alkanes of at least 4 members (excludes halogenated alkanes) is 1. The lowest BCUT2D eigenvalue weighted by molar-refractivity contribution is -0.386. The van der Waals surface area contributed by atoms with Gasteiger partial charge < -0.3 is 20.2 Å². The molecule has 0 heterocycles. The van der Waals surface area contributed by atoms with Crippen LogP contribution in [-0.4, -0.2) is 44.6 Å². The number of hydrogen-bond donors (Lipinski definition) is 3. The van der Waals surface area contributed by atoms with Crippen LogP contribution in [0.1, 0.15) is 30.1 Å². The van der Waals surface area contributed by atoms with Gasteiger partial charge in [-0.2, -0.15) is 0 Å². The lowest BCUT2D eigenvalue weighted by atomic mass is 10.1. The highest BCUT2D eigenvalue weighted by atomic mass is 16.6. The van der Waals surface area contributed by atoms with Crippen LogP contribution in [0.4, 0.5) is 5.69 Å². The SMILES string of the molecule is CCCCN(C)C(=O)c1c(O)cc(O)c([N+](=O)[O-])c1O. The van der Waals surface area contributed by atoms with Crippen molar-refractivity contribution in [2.75, 3.05) is 13.6 Å². The van der Waals surface area contributed by atoms with Gasteiger partial charge in [-0.05, 0) is 6.42 Å². The fourth-order valence-electron chi connectivity index (χ4n) is 1.71. The van der Waals surface area contributed by atoms with E-state index in [0.29, 0.717) is 19.0 Å². The highest BCUT2D eigenvalue weighted by molar-refractivity contribution is 6.01. The smallest absolute Gasteiger partial charge is 0.353 e. The van der Waals surface area contributed by atoms with Crippen molar-refractivity contribution in [2.24, 2.45) is 0 Å². The Kier molecular flexibility index (Phi) is 4.73. The first-order valence-corrected chi connectivity index (χ1v) is 5.99. The number of nitro groups is 1. The highest BCUT2D eigenvalue weighted by Gasteiger charge is 2.31. The van der Waals surface area contributed by atoms with Gasteiger partial charge in [-0.25, -0.2) is 0 Å². The Bertz CT molecular complexity index is 543. The molecule has 0 bridgehead atoms. The van der Waals surface area contributed by atoms with Crippen LogP contribution in [-0.2, 0) is 0 Å². The van der Waals surface area contributed by atoms with Crippen LogP contribution in [0.5, 0.6) is 17.2 Å². The number of carbonyl (C=O) groups is 1. The summed E-state index contributed by atoms with van der Waals surface area (Å²) < 4.78 is 0. The van der Waals surface area contributed by atoms with E-state index in [2.05, 4.69) is 0 Å². The van der Waals surface area contributed by atoms with E-state index >= 15 is 0 Å². The summed E-state index contributed by atoms with van der Waals surface area (Å²) in [4.78, 5) is 23.0. The lowest BCUT2D eigenvalue weighted by Gasteiger charge is -2.18. The van der Waals surface area contributed by atoms with E-state index in [0.717, 1.165) is 6.42 Å². The van der Waals surface area contributed by atoms with Crippen molar-refractivity contribution < 1.29 is 25.0 Å². The van der Waals surface area contributed by atoms with Crippen molar-refractivity contribution in [2.45, 2.75) is 19.8 Å². The molecule has 1 aromatic rings. The maximum absolute atomic E-state index is 12.1. The quantitative estimate of drug-likeness (QED) is 0.557. The normalized spacial score (nSPS) is 10.3. The topological polar surface area (TPSA) is 124 Å². The van der Waals surface area contributed by atoms with Gasteiger partial charge in [0.05, 0.1) is 4.92 Å². The summed E-state index contributed by atoms with van der Waals surface area (Å²) in [6.07, 6.45) is 1.55. The molecular formula is C12H16N2O6. The van der Waals surface area contributed by atoms with Crippen LogP contribution in [0.3, 0.4) is 0 Å². The Balaban J connectivity index is 3.27. The monoisotopic (exact) mass is 284 g/mol. The molecule has 0 aromatic heterocycles. The predicted molar refractivity (Wildman–Crippen MR) is 70.0 cm³/mol. The third-order valence-electron chi connectivity index (χ3n) is 2.82. The van der Waals surface area contributed by atoms with Gasteiger partial charge in [0, 0.05) is 19.7 Å². The second-order valence-electron chi connectivity index (χ2n) is 4.32. The van der Waals surface area contributed by atoms with E-state index in [4.69, 9.17) is 0 Å². The highest BCUT2D eigenvalue weighted by Crippen LogP contribution is 2.43. The van der Waals surface area contributed by atoms with Crippen LogP contribution < -0.4 is 0 Å². The molecule has 0 aliphatic carbocycles. The number of phenolic OH excluding ortho intramolecular Hbond substituents is 3. The van der Waals surface area contributed by atoms with Gasteiger partial charge in [-0.3, -0.25) is 14.9 Å². The first-order valence-electron chi connectivity index (χ1n) is 5.99. The standard InChI is InChI=1S/C12H16N2O6/c1-3-4-5-13(2)12(18)9-7(15)6-8(16)10(11(9)17)14(19)20/h6,15-17H,3-5H2,1-2H3. The predicted octanol–water partition coefficient (Wildman–Crippen LogP) is 1.58. The minimum atomic E-state index is -1.04. The lowest BCUT2D eigenvalue weighted by Crippen LogP contribution is -2.27. The molecule has 0 aliphatic rings. The molecule has 0 aliphatic heterocycles. The molecule has 0 radical (unpaired) electrons. The summed E-state index contributed by atoms with van der Waals surface area (Å²) in [5, 5.41) is 39.5. The Labute approximate surface area is 115 Å². The number of amides is 1. The summed E-state index contributed by atoms with van der Waals surface area (Å²) in [5.74, 6) is -3.41. The van der Waals surface area contributed by atoms with Crippen molar-refractivity contribution in [1.82, 2.24) is 4.90 Å². The van der Waals surface area contributed by atoms with Gasteiger partial charge in [0.2, 0.25) is 11.5 Å². The molecule has 8 nitrogen and oxygen atoms in total. The Morgan fingerprint density at radius 1 is 1.35 bits per heavy atom. The first-order chi connectivity index (χ1) is 9.31. The molecule has 110 valence electrons. The molecule has 3 N–H and O–H groups in total. The van der Waals surface area contributed by atoms with E-state index in [1.54, 1.807) is 0 Å². The zero-order valence-corrected chi connectivity index (χ0v) is 11.2. The summed E-state index contributed by atoms with van der Waals surface area (Å²) in [5.41, 5.74) is -1.59. The van der Waals surface area contributed by atoms with E-state index in [1.165, 1.54) is 11.9 Å². The van der Waals surface area contributed by atoms with Gasteiger partial charge in [0.1, 0.15) is 11.3 Å². The van der Waals surface area contributed by atoms with E-state index in [9.17, 15) is 30.2 Å². The minimum absolute atomic E-state index is 0.378. The number of carbonyl (C=O) groups excluding carboxylic acids is 1. The van der Waals surface area contributed by atoms with Crippen molar-refractivity contribution in [3.63, 3.8) is 0 Å². The van der Waals surface area contributed by atoms with Crippen LogP contribution in [0.25, 0.3) is 0 Å². The van der Waals surface area contributed by atoms with Crippen molar-refractivity contribution in [3.05, 3.63) is 21.7 Å². The zero-order valence-electron chi connectivity index (χ0n) is 11.2. The Morgan fingerprint density at radius 3 is 2.45 bits per heavy atom. The molecule has 0 saturated heterocycles. The molecule has 8 heteroatoms. The molecule has 0 atom stereocenters. The molecular weight excluding hydrogens is 268 g/mol. The summed E-state index contributed by atoms with van der Waals surface area (Å²) >= 11 is 0. The van der Waals surface area contributed by atoms with Gasteiger partial charge in [-0.15, -0.1) is 0 Å². The Hall–Kier alpha value is -2.51. The van der Waals surface area contributed by atoms with Gasteiger partial charge in [0.25, 0.3) is 5.91 Å². The zero-order chi connectivity index (χ0) is 15.4. The maximum atomic E-state index is 12.1. The van der Waals surface area contributed by atoms with Crippen molar-refractivity contribution in [1.29, 1.82) is 0 Å². The summed E-state index contributed by atoms with van der Waals surface area (Å²) in [6, 6.07) is 0.665. The summed E-state index contributed by atoms with van der Waals surface area (Å²) in [6.45, 7) is 2.31. The van der Waals surface area contributed by atoms with Crippen LogP contribution in [0.2, 0.25) is 0 Å². The number of nitrogens with zero attached hydrogens (tertiary/aromatic N) is 2. The van der Waals surface area contributed by atoms with Gasteiger partial charge in [0.15, 0.2) is 0 Å². The maximum Gasteiger partial charge on any atom is 0.353 e. The Morgan fingerprint density at radius 2 is 1.95 bits per heavy atom. The fourth-order valence-corrected chi connectivity index (χ4v) is 1.71. The van der Waals surface area contributed by atoms with Gasteiger partial charge in [-0.1, -0.05) is 13.3 Å².